The molecule has 1 heterocycles. The molecule has 0 bridgehead atoms. The lowest BCUT2D eigenvalue weighted by molar-refractivity contribution is -0.140. The minimum Gasteiger partial charge on any atom is -0.357 e. The molecule has 1 aromatic heterocycles. The number of alkyl halides is 3. The molecule has 164 valence electrons. The van der Waals surface area contributed by atoms with Crippen LogP contribution in [0.1, 0.15) is 43.5 Å². The molecule has 1 aromatic carbocycles. The number of aromatic nitrogens is 1. The summed E-state index contributed by atoms with van der Waals surface area (Å²) in [7, 11) is 0. The number of rotatable bonds is 8. The summed E-state index contributed by atoms with van der Waals surface area (Å²) in [5.41, 5.74) is 0.707. The molecule has 0 aliphatic carbocycles. The molecule has 1 unspecified atom stereocenters. The molecule has 3 N–H and O–H groups in total. The Morgan fingerprint density at radius 3 is 2.67 bits per heavy atom. The molecule has 2 rings (SSSR count). The lowest BCUT2D eigenvalue weighted by Gasteiger charge is -2.12. The molecule has 0 saturated carbocycles. The fraction of sp³-hybridized carbons (Fsp3) is 0.450. The van der Waals surface area contributed by atoms with E-state index in [0.717, 1.165) is 28.7 Å². The third-order valence-corrected chi connectivity index (χ3v) is 5.12. The summed E-state index contributed by atoms with van der Waals surface area (Å²) >= 11 is 0.946. The highest BCUT2D eigenvalue weighted by Crippen LogP contribution is 2.29. The van der Waals surface area contributed by atoms with Crippen LogP contribution in [0, 0.1) is 5.92 Å². The molecule has 1 atom stereocenters. The topological polar surface area (TPSA) is 78.4 Å². The van der Waals surface area contributed by atoms with Gasteiger partial charge in [-0.3, -0.25) is 4.79 Å². The molecule has 1 amide bonds. The maximum atomic E-state index is 12.7. The van der Waals surface area contributed by atoms with Crippen LogP contribution in [0.4, 0.5) is 18.9 Å². The number of nitrogens with one attached hydrogen (secondary N) is 3. The highest BCUT2D eigenvalue weighted by Gasteiger charge is 2.33. The molecule has 0 saturated heterocycles. The number of carbonyl (C=O) groups is 1. The first-order valence-electron chi connectivity index (χ1n) is 9.66. The van der Waals surface area contributed by atoms with Crippen molar-refractivity contribution in [3.63, 3.8) is 0 Å². The van der Waals surface area contributed by atoms with E-state index in [4.69, 9.17) is 0 Å². The molecule has 0 radical (unpaired) electrons. The highest BCUT2D eigenvalue weighted by atomic mass is 32.1. The number of anilines is 1. The molecule has 0 spiro atoms. The Hall–Kier alpha value is -2.62. The van der Waals surface area contributed by atoms with Gasteiger partial charge in [-0.25, -0.2) is 9.98 Å². The summed E-state index contributed by atoms with van der Waals surface area (Å²) in [5, 5.41) is 10.3. The number of aliphatic imine (C=N–C) groups is 1. The largest absolute Gasteiger partial charge is 0.434 e. The van der Waals surface area contributed by atoms with Crippen molar-refractivity contribution < 1.29 is 18.0 Å². The summed E-state index contributed by atoms with van der Waals surface area (Å²) < 4.78 is 38.0. The summed E-state index contributed by atoms with van der Waals surface area (Å²) in [6.07, 6.45) is -3.68. The smallest absolute Gasteiger partial charge is 0.357 e. The van der Waals surface area contributed by atoms with Gasteiger partial charge in [0.25, 0.3) is 0 Å². The average molecular weight is 442 g/mol. The van der Waals surface area contributed by atoms with Gasteiger partial charge in [0.05, 0.1) is 13.1 Å². The van der Waals surface area contributed by atoms with E-state index in [1.165, 1.54) is 0 Å². The second kappa shape index (κ2) is 11.0. The number of nitrogens with zero attached hydrogens (tertiary/aromatic N) is 2. The standard InChI is InChI=1S/C20H26F3N5OS/c1-4-13(3)18(29)27-15-8-6-7-14(9-15)10-25-19(24-5-2)26-11-17-28-16(12-30-17)20(21,22)23/h6-9,12-13H,4-5,10-11H2,1-3H3,(H,27,29)(H2,24,25,26). The second-order valence-electron chi connectivity index (χ2n) is 6.67. The number of benzene rings is 1. The number of guanidine groups is 1. The first-order valence-corrected chi connectivity index (χ1v) is 10.5. The number of carbonyl (C=O) groups excluding carboxylic acids is 1. The van der Waals surface area contributed by atoms with Crippen LogP contribution < -0.4 is 16.0 Å². The third kappa shape index (κ3) is 7.33. The van der Waals surface area contributed by atoms with Gasteiger partial charge < -0.3 is 16.0 Å². The van der Waals surface area contributed by atoms with Gasteiger partial charge in [0.1, 0.15) is 5.01 Å². The first kappa shape index (κ1) is 23.7. The second-order valence-corrected chi connectivity index (χ2v) is 7.61. The van der Waals surface area contributed by atoms with Crippen molar-refractivity contribution in [3.8, 4) is 0 Å². The number of halogens is 3. The molecular weight excluding hydrogens is 415 g/mol. The zero-order valence-corrected chi connectivity index (χ0v) is 18.0. The van der Waals surface area contributed by atoms with Gasteiger partial charge in [-0.2, -0.15) is 13.2 Å². The quantitative estimate of drug-likeness (QED) is 0.419. The van der Waals surface area contributed by atoms with Crippen molar-refractivity contribution in [3.05, 3.63) is 45.9 Å². The summed E-state index contributed by atoms with van der Waals surface area (Å²) in [6.45, 7) is 6.81. The van der Waals surface area contributed by atoms with Crippen LogP contribution in [0.2, 0.25) is 0 Å². The van der Waals surface area contributed by atoms with E-state index in [-0.39, 0.29) is 18.4 Å². The van der Waals surface area contributed by atoms with Crippen LogP contribution >= 0.6 is 11.3 Å². The molecule has 10 heteroatoms. The van der Waals surface area contributed by atoms with Crippen molar-refractivity contribution in [2.24, 2.45) is 10.9 Å². The van der Waals surface area contributed by atoms with Crippen LogP contribution in [0.3, 0.4) is 0 Å². The molecule has 0 aliphatic rings. The van der Waals surface area contributed by atoms with Crippen molar-refractivity contribution in [1.29, 1.82) is 0 Å². The lowest BCUT2D eigenvalue weighted by atomic mass is 10.1. The Balaban J connectivity index is 1.99. The fourth-order valence-corrected chi connectivity index (χ4v) is 3.13. The van der Waals surface area contributed by atoms with E-state index in [1.807, 2.05) is 45.0 Å². The predicted molar refractivity (Wildman–Crippen MR) is 113 cm³/mol. The first-order chi connectivity index (χ1) is 14.2. The number of thiazole rings is 1. The van der Waals surface area contributed by atoms with Crippen molar-refractivity contribution in [2.75, 3.05) is 11.9 Å². The Kier molecular flexibility index (Phi) is 8.64. The normalized spacial score (nSPS) is 13.1. The van der Waals surface area contributed by atoms with Gasteiger partial charge in [0.2, 0.25) is 5.91 Å². The Labute approximate surface area is 178 Å². The van der Waals surface area contributed by atoms with Gasteiger partial charge in [0, 0.05) is 23.5 Å². The SMILES string of the molecule is CCNC(=NCc1cccc(NC(=O)C(C)CC)c1)NCc1nc(C(F)(F)F)cs1. The van der Waals surface area contributed by atoms with Gasteiger partial charge in [-0.1, -0.05) is 26.0 Å². The van der Waals surface area contributed by atoms with E-state index in [1.54, 1.807) is 0 Å². The van der Waals surface area contributed by atoms with E-state index in [9.17, 15) is 18.0 Å². The molecule has 0 fully saturated rings. The van der Waals surface area contributed by atoms with Crippen LogP contribution in [-0.4, -0.2) is 23.4 Å². The zero-order chi connectivity index (χ0) is 22.1. The average Bonchev–Trinajstić information content (AvgIpc) is 3.19. The van der Waals surface area contributed by atoms with E-state index in [0.29, 0.717) is 29.7 Å². The highest BCUT2D eigenvalue weighted by molar-refractivity contribution is 7.09. The van der Waals surface area contributed by atoms with Crippen molar-refractivity contribution in [2.45, 2.75) is 46.5 Å². The van der Waals surface area contributed by atoms with Crippen molar-refractivity contribution in [1.82, 2.24) is 15.6 Å². The maximum Gasteiger partial charge on any atom is 0.434 e. The van der Waals surface area contributed by atoms with Gasteiger partial charge in [0.15, 0.2) is 11.7 Å². The minimum atomic E-state index is -4.44. The van der Waals surface area contributed by atoms with Gasteiger partial charge in [-0.05, 0) is 31.0 Å². The van der Waals surface area contributed by atoms with Crippen LogP contribution in [0.5, 0.6) is 0 Å². The monoisotopic (exact) mass is 441 g/mol. The minimum absolute atomic E-state index is 0.0326. The third-order valence-electron chi connectivity index (χ3n) is 4.27. The lowest BCUT2D eigenvalue weighted by Crippen LogP contribution is -2.36. The van der Waals surface area contributed by atoms with Gasteiger partial charge >= 0.3 is 6.18 Å². The number of amides is 1. The zero-order valence-electron chi connectivity index (χ0n) is 17.1. The molecular formula is C20H26F3N5OS. The van der Waals surface area contributed by atoms with E-state index >= 15 is 0 Å². The molecule has 30 heavy (non-hydrogen) atoms. The van der Waals surface area contributed by atoms with E-state index < -0.39 is 11.9 Å². The Bertz CT molecular complexity index is 866. The molecule has 2 aromatic rings. The number of hydrogen-bond acceptors (Lipinski definition) is 4. The van der Waals surface area contributed by atoms with Crippen molar-refractivity contribution >= 4 is 28.9 Å². The Morgan fingerprint density at radius 1 is 1.27 bits per heavy atom. The van der Waals surface area contributed by atoms with Crippen LogP contribution in [0.15, 0.2) is 34.6 Å². The summed E-state index contributed by atoms with van der Waals surface area (Å²) in [5.74, 6) is 0.366. The summed E-state index contributed by atoms with van der Waals surface area (Å²) in [6, 6.07) is 7.40. The molecule has 0 aliphatic heterocycles. The number of hydrogen-bond donors (Lipinski definition) is 3. The van der Waals surface area contributed by atoms with Crippen LogP contribution in [0.25, 0.3) is 0 Å². The maximum absolute atomic E-state index is 12.7. The fourth-order valence-electron chi connectivity index (χ4n) is 2.39. The van der Waals surface area contributed by atoms with E-state index in [2.05, 4.69) is 25.9 Å². The predicted octanol–water partition coefficient (Wildman–Crippen LogP) is 4.40. The van der Waals surface area contributed by atoms with Crippen LogP contribution in [-0.2, 0) is 24.1 Å². The Morgan fingerprint density at radius 2 is 2.03 bits per heavy atom. The molecule has 6 nitrogen and oxygen atoms in total. The summed E-state index contributed by atoms with van der Waals surface area (Å²) in [4.78, 5) is 20.1. The van der Waals surface area contributed by atoms with Gasteiger partial charge in [-0.15, -0.1) is 11.3 Å².